The zero-order chi connectivity index (χ0) is 21.8. The summed E-state index contributed by atoms with van der Waals surface area (Å²) < 4.78 is 5.77. The van der Waals surface area contributed by atoms with Crippen LogP contribution in [0.15, 0.2) is 72.8 Å². The number of nitrogens with two attached hydrogens (primary N) is 1. The van der Waals surface area contributed by atoms with Crippen LogP contribution in [0.5, 0.6) is 11.5 Å². The quantitative estimate of drug-likeness (QED) is 0.651. The van der Waals surface area contributed by atoms with Gasteiger partial charge in [0.05, 0.1) is 10.7 Å². The summed E-state index contributed by atoms with van der Waals surface area (Å²) in [5.74, 6) is 0.699. The van der Waals surface area contributed by atoms with Crippen LogP contribution in [0.25, 0.3) is 0 Å². The maximum atomic E-state index is 12.9. The zero-order valence-electron chi connectivity index (χ0n) is 16.8. The first-order valence-electron chi connectivity index (χ1n) is 9.98. The van der Waals surface area contributed by atoms with Gasteiger partial charge >= 0.3 is 0 Å². The van der Waals surface area contributed by atoms with E-state index in [0.717, 1.165) is 23.8 Å². The van der Waals surface area contributed by atoms with Gasteiger partial charge in [-0.3, -0.25) is 9.59 Å². The third-order valence-corrected chi connectivity index (χ3v) is 5.56. The molecule has 2 N–H and O–H groups in total. The highest BCUT2D eigenvalue weighted by Gasteiger charge is 2.23. The summed E-state index contributed by atoms with van der Waals surface area (Å²) in [4.78, 5) is 28.1. The van der Waals surface area contributed by atoms with Gasteiger partial charge in [-0.1, -0.05) is 23.7 Å². The van der Waals surface area contributed by atoms with Crippen molar-refractivity contribution in [2.24, 2.45) is 5.73 Å². The van der Waals surface area contributed by atoms with Crippen LogP contribution in [0.4, 0.5) is 5.69 Å². The molecule has 1 aliphatic rings. The number of hydrogen-bond donors (Lipinski definition) is 1. The number of benzene rings is 3. The Hall–Kier alpha value is -3.51. The number of hydrogen-bond acceptors (Lipinski definition) is 4. The van der Waals surface area contributed by atoms with Crippen molar-refractivity contribution in [1.29, 1.82) is 0 Å². The van der Waals surface area contributed by atoms with Crippen LogP contribution < -0.4 is 15.4 Å². The van der Waals surface area contributed by atoms with Crippen molar-refractivity contribution < 1.29 is 14.3 Å². The van der Waals surface area contributed by atoms with E-state index in [-0.39, 0.29) is 5.91 Å². The van der Waals surface area contributed by atoms with E-state index in [4.69, 9.17) is 22.1 Å². The first-order chi connectivity index (χ1) is 15.0. The number of nitrogens with zero attached hydrogens (tertiary/aromatic N) is 2. The molecule has 158 valence electrons. The summed E-state index contributed by atoms with van der Waals surface area (Å²) in [7, 11) is 0. The number of piperazine rings is 1. The summed E-state index contributed by atoms with van der Waals surface area (Å²) in [6, 6.07) is 21.4. The molecule has 3 aromatic rings. The molecule has 0 saturated carbocycles. The first kappa shape index (κ1) is 20.8. The fourth-order valence-corrected chi connectivity index (χ4v) is 3.79. The molecule has 0 unspecified atom stereocenters. The molecule has 3 aromatic carbocycles. The van der Waals surface area contributed by atoms with Gasteiger partial charge in [0.15, 0.2) is 0 Å². The fraction of sp³-hybridized carbons (Fsp3) is 0.167. The molecule has 1 saturated heterocycles. The summed E-state index contributed by atoms with van der Waals surface area (Å²) in [5.41, 5.74) is 7.28. The Morgan fingerprint density at radius 1 is 0.774 bits per heavy atom. The summed E-state index contributed by atoms with van der Waals surface area (Å²) in [6.07, 6.45) is 0. The van der Waals surface area contributed by atoms with Crippen LogP contribution in [0.3, 0.4) is 0 Å². The summed E-state index contributed by atoms with van der Waals surface area (Å²) in [5, 5.41) is 0.724. The number of anilines is 1. The van der Waals surface area contributed by atoms with Gasteiger partial charge in [-0.2, -0.15) is 0 Å². The Morgan fingerprint density at radius 2 is 1.32 bits per heavy atom. The average Bonchev–Trinajstić information content (AvgIpc) is 2.80. The molecule has 4 rings (SSSR count). The van der Waals surface area contributed by atoms with E-state index in [2.05, 4.69) is 4.90 Å². The second-order valence-corrected chi connectivity index (χ2v) is 7.65. The van der Waals surface area contributed by atoms with Gasteiger partial charge in [0, 0.05) is 37.3 Å². The van der Waals surface area contributed by atoms with E-state index in [0.29, 0.717) is 35.7 Å². The molecule has 0 bridgehead atoms. The van der Waals surface area contributed by atoms with E-state index >= 15 is 0 Å². The van der Waals surface area contributed by atoms with Gasteiger partial charge in [-0.15, -0.1) is 0 Å². The van der Waals surface area contributed by atoms with Crippen molar-refractivity contribution >= 4 is 29.1 Å². The monoisotopic (exact) mass is 435 g/mol. The van der Waals surface area contributed by atoms with E-state index in [1.54, 1.807) is 48.5 Å². The molecule has 31 heavy (non-hydrogen) atoms. The van der Waals surface area contributed by atoms with E-state index in [9.17, 15) is 9.59 Å². The van der Waals surface area contributed by atoms with E-state index in [1.807, 2.05) is 29.2 Å². The predicted molar refractivity (Wildman–Crippen MR) is 121 cm³/mol. The average molecular weight is 436 g/mol. The standard InChI is InChI=1S/C24H22ClN3O3/c25-21-3-1-2-4-22(21)27-13-15-28(16-14-27)24(30)18-7-11-20(12-8-18)31-19-9-5-17(6-10-19)23(26)29/h1-12H,13-16H2,(H2,26,29). The largest absolute Gasteiger partial charge is 0.457 e. The minimum absolute atomic E-state index is 0.00355. The maximum Gasteiger partial charge on any atom is 0.253 e. The number of para-hydroxylation sites is 1. The smallest absolute Gasteiger partial charge is 0.253 e. The van der Waals surface area contributed by atoms with Gasteiger partial charge in [0.25, 0.3) is 5.91 Å². The Labute approximate surface area is 185 Å². The minimum Gasteiger partial charge on any atom is -0.457 e. The molecular formula is C24H22ClN3O3. The van der Waals surface area contributed by atoms with Crippen molar-refractivity contribution in [2.75, 3.05) is 31.1 Å². The van der Waals surface area contributed by atoms with Crippen molar-refractivity contribution in [1.82, 2.24) is 4.90 Å². The highest BCUT2D eigenvalue weighted by Crippen LogP contribution is 2.27. The topological polar surface area (TPSA) is 75.9 Å². The minimum atomic E-state index is -0.484. The second-order valence-electron chi connectivity index (χ2n) is 7.25. The van der Waals surface area contributed by atoms with Gasteiger partial charge in [0.1, 0.15) is 11.5 Å². The predicted octanol–water partition coefficient (Wildman–Crippen LogP) is 4.19. The van der Waals surface area contributed by atoms with E-state index in [1.165, 1.54) is 0 Å². The zero-order valence-corrected chi connectivity index (χ0v) is 17.6. The second kappa shape index (κ2) is 9.10. The van der Waals surface area contributed by atoms with Crippen molar-refractivity contribution in [3.63, 3.8) is 0 Å². The van der Waals surface area contributed by atoms with Gasteiger partial charge in [0.2, 0.25) is 5.91 Å². The SMILES string of the molecule is NC(=O)c1ccc(Oc2ccc(C(=O)N3CCN(c4ccccc4Cl)CC3)cc2)cc1. The number of carbonyl (C=O) groups is 2. The maximum absolute atomic E-state index is 12.9. The van der Waals surface area contributed by atoms with Crippen LogP contribution in [-0.4, -0.2) is 42.9 Å². The molecule has 2 amide bonds. The molecule has 0 radical (unpaired) electrons. The molecule has 7 heteroatoms. The fourth-order valence-electron chi connectivity index (χ4n) is 3.53. The highest BCUT2D eigenvalue weighted by molar-refractivity contribution is 6.33. The van der Waals surface area contributed by atoms with Crippen LogP contribution in [0.1, 0.15) is 20.7 Å². The number of halogens is 1. The molecular weight excluding hydrogens is 414 g/mol. The Bertz CT molecular complexity index is 1080. The molecule has 1 fully saturated rings. The third-order valence-electron chi connectivity index (χ3n) is 5.24. The first-order valence-corrected chi connectivity index (χ1v) is 10.4. The van der Waals surface area contributed by atoms with Gasteiger partial charge in [-0.05, 0) is 60.7 Å². The Balaban J connectivity index is 1.35. The lowest BCUT2D eigenvalue weighted by Gasteiger charge is -2.36. The molecule has 1 aliphatic heterocycles. The number of ether oxygens (including phenoxy) is 1. The summed E-state index contributed by atoms with van der Waals surface area (Å²) >= 11 is 6.29. The molecule has 0 aromatic heterocycles. The van der Waals surface area contributed by atoms with Crippen LogP contribution in [0, 0.1) is 0 Å². The molecule has 0 aliphatic carbocycles. The molecule has 0 spiro atoms. The Morgan fingerprint density at radius 3 is 1.87 bits per heavy atom. The number of primary amides is 1. The Kier molecular flexibility index (Phi) is 6.09. The molecule has 6 nitrogen and oxygen atoms in total. The normalized spacial score (nSPS) is 13.7. The number of amides is 2. The van der Waals surface area contributed by atoms with Gasteiger partial charge in [-0.25, -0.2) is 0 Å². The van der Waals surface area contributed by atoms with Crippen LogP contribution in [0.2, 0.25) is 5.02 Å². The van der Waals surface area contributed by atoms with Crippen LogP contribution >= 0.6 is 11.6 Å². The summed E-state index contributed by atoms with van der Waals surface area (Å²) in [6.45, 7) is 2.74. The third kappa shape index (κ3) is 4.81. The highest BCUT2D eigenvalue weighted by atomic mass is 35.5. The lowest BCUT2D eigenvalue weighted by Crippen LogP contribution is -2.48. The van der Waals surface area contributed by atoms with Crippen molar-refractivity contribution in [3.8, 4) is 11.5 Å². The number of carbonyl (C=O) groups excluding carboxylic acids is 2. The molecule has 1 heterocycles. The van der Waals surface area contributed by atoms with E-state index < -0.39 is 5.91 Å². The lowest BCUT2D eigenvalue weighted by molar-refractivity contribution is 0.0746. The van der Waals surface area contributed by atoms with Gasteiger partial charge < -0.3 is 20.3 Å². The van der Waals surface area contributed by atoms with Crippen molar-refractivity contribution in [2.45, 2.75) is 0 Å². The van der Waals surface area contributed by atoms with Crippen LogP contribution in [-0.2, 0) is 0 Å². The number of rotatable bonds is 5. The lowest BCUT2D eigenvalue weighted by atomic mass is 10.1. The van der Waals surface area contributed by atoms with Crippen molar-refractivity contribution in [3.05, 3.63) is 88.9 Å². The molecule has 0 atom stereocenters.